The van der Waals surface area contributed by atoms with Gasteiger partial charge in [0.05, 0.1) is 0 Å². The first-order valence-electron chi connectivity index (χ1n) is 7.89. The van der Waals surface area contributed by atoms with E-state index in [2.05, 4.69) is 45.0 Å². The highest BCUT2D eigenvalue weighted by Crippen LogP contribution is 1.97. The number of aryl methyl sites for hydroxylation is 1. The molecule has 0 bridgehead atoms. The van der Waals surface area contributed by atoms with Crippen LogP contribution in [0.4, 0.5) is 0 Å². The third-order valence-electron chi connectivity index (χ3n) is 2.87. The second-order valence-electron chi connectivity index (χ2n) is 4.70. The second kappa shape index (κ2) is 15.5. The van der Waals surface area contributed by atoms with Crippen molar-refractivity contribution in [3.05, 3.63) is 72.3 Å². The van der Waals surface area contributed by atoms with E-state index in [9.17, 15) is 0 Å². The third-order valence-corrected chi connectivity index (χ3v) is 2.87. The van der Waals surface area contributed by atoms with Crippen molar-refractivity contribution in [2.75, 3.05) is 0 Å². The zero-order valence-corrected chi connectivity index (χ0v) is 13.4. The van der Waals surface area contributed by atoms with Gasteiger partial charge in [0.1, 0.15) is 0 Å². The van der Waals surface area contributed by atoms with E-state index in [-0.39, 0.29) is 0 Å². The van der Waals surface area contributed by atoms with Gasteiger partial charge in [0.2, 0.25) is 0 Å². The Morgan fingerprint density at radius 2 is 0.900 bits per heavy atom. The number of hydrogen-bond acceptors (Lipinski definition) is 0. The summed E-state index contributed by atoms with van der Waals surface area (Å²) in [6, 6.07) is 22.5. The van der Waals surface area contributed by atoms with Crippen molar-refractivity contribution in [2.45, 2.75) is 52.9 Å². The Hall–Kier alpha value is -1.56. The fourth-order valence-corrected chi connectivity index (χ4v) is 1.60. The highest BCUT2D eigenvalue weighted by Gasteiger charge is 1.80. The Kier molecular flexibility index (Phi) is 14.3. The standard InChI is InChI=1S/C8H10.C6H6.C6H14/c1-2-8-6-4-3-5-7-8;1-2-4-6-5-3-1;1-3-5-6-4-2/h3-7H,2H2,1H3;1-6H;3-6H2,1-2H3. The van der Waals surface area contributed by atoms with Crippen molar-refractivity contribution < 1.29 is 0 Å². The van der Waals surface area contributed by atoms with Gasteiger partial charge in [-0.25, -0.2) is 0 Å². The molecule has 0 heteroatoms. The van der Waals surface area contributed by atoms with Crippen LogP contribution in [0.5, 0.6) is 0 Å². The molecule has 20 heavy (non-hydrogen) atoms. The first kappa shape index (κ1) is 18.4. The average molecular weight is 270 g/mol. The van der Waals surface area contributed by atoms with Crippen molar-refractivity contribution in [3.8, 4) is 0 Å². The van der Waals surface area contributed by atoms with Gasteiger partial charge in [-0.15, -0.1) is 0 Å². The Bertz CT molecular complexity index is 333. The summed E-state index contributed by atoms with van der Waals surface area (Å²) in [6.07, 6.45) is 6.68. The predicted octanol–water partition coefficient (Wildman–Crippen LogP) is 6.52. The Morgan fingerprint density at radius 1 is 0.550 bits per heavy atom. The van der Waals surface area contributed by atoms with Crippen molar-refractivity contribution >= 4 is 0 Å². The van der Waals surface area contributed by atoms with E-state index in [1.54, 1.807) is 0 Å². The fraction of sp³-hybridized carbons (Fsp3) is 0.400. The summed E-state index contributed by atoms with van der Waals surface area (Å²) in [7, 11) is 0. The van der Waals surface area contributed by atoms with E-state index in [1.807, 2.05) is 42.5 Å². The number of hydrogen-bond donors (Lipinski definition) is 0. The molecule has 0 radical (unpaired) electrons. The van der Waals surface area contributed by atoms with Crippen LogP contribution in [0.3, 0.4) is 0 Å². The molecule has 0 heterocycles. The van der Waals surface area contributed by atoms with Crippen LogP contribution < -0.4 is 0 Å². The van der Waals surface area contributed by atoms with E-state index in [0.717, 1.165) is 6.42 Å². The van der Waals surface area contributed by atoms with E-state index in [1.165, 1.54) is 31.2 Å². The van der Waals surface area contributed by atoms with Crippen LogP contribution in [0, 0.1) is 0 Å². The lowest BCUT2D eigenvalue weighted by Gasteiger charge is -1.89. The maximum Gasteiger partial charge on any atom is -0.0307 e. The highest BCUT2D eigenvalue weighted by molar-refractivity contribution is 5.13. The lowest BCUT2D eigenvalue weighted by Crippen LogP contribution is -1.73. The number of benzene rings is 2. The lowest BCUT2D eigenvalue weighted by molar-refractivity contribution is 0.702. The molecule has 0 unspecified atom stereocenters. The summed E-state index contributed by atoms with van der Waals surface area (Å²) in [5, 5.41) is 0. The Morgan fingerprint density at radius 3 is 1.15 bits per heavy atom. The summed E-state index contributed by atoms with van der Waals surface area (Å²) in [5.74, 6) is 0. The van der Waals surface area contributed by atoms with Gasteiger partial charge >= 0.3 is 0 Å². The molecule has 0 amide bonds. The van der Waals surface area contributed by atoms with Gasteiger partial charge in [-0.3, -0.25) is 0 Å². The SMILES string of the molecule is CCCCCC.CCc1ccccc1.c1ccccc1. The summed E-state index contributed by atoms with van der Waals surface area (Å²) < 4.78 is 0. The molecule has 0 aliphatic rings. The summed E-state index contributed by atoms with van der Waals surface area (Å²) in [4.78, 5) is 0. The molecule has 0 atom stereocenters. The van der Waals surface area contributed by atoms with Crippen LogP contribution in [0.25, 0.3) is 0 Å². The predicted molar refractivity (Wildman–Crippen MR) is 92.1 cm³/mol. The molecular formula is C20H30. The monoisotopic (exact) mass is 270 g/mol. The fourth-order valence-electron chi connectivity index (χ4n) is 1.60. The molecule has 2 aromatic carbocycles. The third kappa shape index (κ3) is 12.9. The molecule has 0 nitrogen and oxygen atoms in total. The molecule has 0 fully saturated rings. The van der Waals surface area contributed by atoms with E-state index >= 15 is 0 Å². The van der Waals surface area contributed by atoms with Crippen LogP contribution >= 0.6 is 0 Å². The van der Waals surface area contributed by atoms with Gasteiger partial charge in [0.25, 0.3) is 0 Å². The minimum absolute atomic E-state index is 1.14. The summed E-state index contributed by atoms with van der Waals surface area (Å²) in [5.41, 5.74) is 1.41. The Balaban J connectivity index is 0.000000276. The van der Waals surface area contributed by atoms with E-state index < -0.39 is 0 Å². The first-order chi connectivity index (χ1) is 9.85. The summed E-state index contributed by atoms with van der Waals surface area (Å²) in [6.45, 7) is 6.63. The zero-order valence-electron chi connectivity index (χ0n) is 13.4. The minimum atomic E-state index is 1.14. The number of unbranched alkanes of at least 4 members (excludes halogenated alkanes) is 3. The molecule has 0 aliphatic heterocycles. The van der Waals surface area contributed by atoms with Crippen LogP contribution in [0.1, 0.15) is 52.0 Å². The molecule has 2 aromatic rings. The maximum atomic E-state index is 2.23. The highest BCUT2D eigenvalue weighted by atomic mass is 13.9. The molecular weight excluding hydrogens is 240 g/mol. The normalized spacial score (nSPS) is 8.75. The molecule has 0 spiro atoms. The molecule has 0 saturated carbocycles. The molecule has 0 N–H and O–H groups in total. The van der Waals surface area contributed by atoms with Crippen LogP contribution in [-0.4, -0.2) is 0 Å². The second-order valence-corrected chi connectivity index (χ2v) is 4.70. The topological polar surface area (TPSA) is 0 Å². The zero-order chi connectivity index (χ0) is 14.9. The van der Waals surface area contributed by atoms with Crippen LogP contribution in [0.2, 0.25) is 0 Å². The van der Waals surface area contributed by atoms with Gasteiger partial charge in [0, 0.05) is 0 Å². The van der Waals surface area contributed by atoms with Crippen molar-refractivity contribution in [3.63, 3.8) is 0 Å². The van der Waals surface area contributed by atoms with E-state index in [0.29, 0.717) is 0 Å². The molecule has 0 aromatic heterocycles. The van der Waals surface area contributed by atoms with Crippen LogP contribution in [-0.2, 0) is 6.42 Å². The van der Waals surface area contributed by atoms with Gasteiger partial charge in [-0.2, -0.15) is 0 Å². The average Bonchev–Trinajstić information content (AvgIpc) is 2.56. The van der Waals surface area contributed by atoms with Crippen LogP contribution in [0.15, 0.2) is 66.7 Å². The van der Waals surface area contributed by atoms with E-state index in [4.69, 9.17) is 0 Å². The van der Waals surface area contributed by atoms with Gasteiger partial charge in [-0.1, -0.05) is 113 Å². The molecule has 0 aliphatic carbocycles. The smallest absolute Gasteiger partial charge is 0.0307 e. The molecule has 0 saturated heterocycles. The van der Waals surface area contributed by atoms with Gasteiger partial charge in [0.15, 0.2) is 0 Å². The van der Waals surface area contributed by atoms with Crippen molar-refractivity contribution in [1.29, 1.82) is 0 Å². The maximum absolute atomic E-state index is 2.23. The lowest BCUT2D eigenvalue weighted by atomic mass is 10.2. The number of rotatable bonds is 4. The van der Waals surface area contributed by atoms with Crippen molar-refractivity contribution in [2.24, 2.45) is 0 Å². The van der Waals surface area contributed by atoms with Gasteiger partial charge in [-0.05, 0) is 12.0 Å². The first-order valence-corrected chi connectivity index (χ1v) is 7.89. The largest absolute Gasteiger partial charge is 0.0654 e. The summed E-state index contributed by atoms with van der Waals surface area (Å²) >= 11 is 0. The molecule has 2 rings (SSSR count). The minimum Gasteiger partial charge on any atom is -0.0654 e. The molecule has 110 valence electrons. The quantitative estimate of drug-likeness (QED) is 0.555. The Labute approximate surface area is 125 Å². The van der Waals surface area contributed by atoms with Crippen molar-refractivity contribution in [1.82, 2.24) is 0 Å². The van der Waals surface area contributed by atoms with Gasteiger partial charge < -0.3 is 0 Å².